The summed E-state index contributed by atoms with van der Waals surface area (Å²) in [7, 11) is 0. The number of aromatic hydroxyl groups is 2. The van der Waals surface area contributed by atoms with Crippen molar-refractivity contribution in [1.82, 2.24) is 5.32 Å². The van der Waals surface area contributed by atoms with E-state index in [0.29, 0.717) is 24.3 Å². The highest BCUT2D eigenvalue weighted by molar-refractivity contribution is 6.18. The number of rotatable bonds is 8. The normalized spacial score (nSPS) is 11.1. The zero-order chi connectivity index (χ0) is 20.7. The molecule has 28 heavy (non-hydrogen) atoms. The molecule has 0 saturated carbocycles. The Morgan fingerprint density at radius 3 is 2.36 bits per heavy atom. The number of benzene rings is 2. The Hall–Kier alpha value is -3.16. The van der Waals surface area contributed by atoms with Crippen LogP contribution in [-0.2, 0) is 11.2 Å². The highest BCUT2D eigenvalue weighted by Crippen LogP contribution is 2.27. The lowest BCUT2D eigenvalue weighted by atomic mass is 10.1. The van der Waals surface area contributed by atoms with Gasteiger partial charge in [-0.1, -0.05) is 24.8 Å². The quantitative estimate of drug-likeness (QED) is 0.469. The molecule has 0 saturated heterocycles. The summed E-state index contributed by atoms with van der Waals surface area (Å²) in [5.74, 6) is -0.707. The maximum absolute atomic E-state index is 12.1. The first kappa shape index (κ1) is 21.1. The number of alkyl halides is 3. The molecule has 0 unspecified atom stereocenters. The van der Waals surface area contributed by atoms with Gasteiger partial charge < -0.3 is 20.3 Å². The monoisotopic (exact) mass is 395 g/mol. The van der Waals surface area contributed by atoms with Gasteiger partial charge >= 0.3 is 6.18 Å². The third kappa shape index (κ3) is 6.53. The van der Waals surface area contributed by atoms with Crippen molar-refractivity contribution in [2.45, 2.75) is 19.0 Å². The predicted molar refractivity (Wildman–Crippen MR) is 98.1 cm³/mol. The summed E-state index contributed by atoms with van der Waals surface area (Å²) >= 11 is 0. The molecule has 0 aliphatic rings. The first-order valence-corrected chi connectivity index (χ1v) is 8.43. The lowest BCUT2D eigenvalue weighted by Crippen LogP contribution is -2.26. The van der Waals surface area contributed by atoms with E-state index in [9.17, 15) is 28.2 Å². The Morgan fingerprint density at radius 2 is 1.75 bits per heavy atom. The molecule has 0 radical (unpaired) electrons. The smallest absolute Gasteiger partial charge is 0.392 e. The number of phenolic OH excluding ortho intramolecular Hbond substituents is 2. The van der Waals surface area contributed by atoms with Gasteiger partial charge in [-0.05, 0) is 41.8 Å². The van der Waals surface area contributed by atoms with E-state index in [0.717, 1.165) is 5.56 Å². The highest BCUT2D eigenvalue weighted by Gasteiger charge is 2.26. The number of hydrogen-bond acceptors (Lipinski definition) is 4. The van der Waals surface area contributed by atoms with Crippen molar-refractivity contribution in [1.29, 1.82) is 0 Å². The van der Waals surface area contributed by atoms with Crippen molar-refractivity contribution < 1.29 is 32.9 Å². The van der Waals surface area contributed by atoms with Crippen molar-refractivity contribution in [3.63, 3.8) is 0 Å². The van der Waals surface area contributed by atoms with Gasteiger partial charge in [0.05, 0.1) is 13.0 Å². The maximum Gasteiger partial charge on any atom is 0.392 e. The zero-order valence-corrected chi connectivity index (χ0v) is 14.9. The number of halogens is 3. The van der Waals surface area contributed by atoms with E-state index in [1.54, 1.807) is 24.3 Å². The van der Waals surface area contributed by atoms with Gasteiger partial charge in [-0.25, -0.2) is 0 Å². The SMILES string of the molecule is C=C(C(=O)NCCc1ccc(OCCC(F)(F)F)cc1)c1ccc(O)c(O)c1. The second kappa shape index (κ2) is 9.16. The summed E-state index contributed by atoms with van der Waals surface area (Å²) in [6, 6.07) is 10.5. The van der Waals surface area contributed by atoms with Crippen LogP contribution in [0.3, 0.4) is 0 Å². The van der Waals surface area contributed by atoms with Crippen molar-refractivity contribution >= 4 is 11.5 Å². The van der Waals surface area contributed by atoms with E-state index in [1.165, 1.54) is 18.2 Å². The van der Waals surface area contributed by atoms with Crippen LogP contribution >= 0.6 is 0 Å². The minimum Gasteiger partial charge on any atom is -0.504 e. The van der Waals surface area contributed by atoms with Gasteiger partial charge in [0.15, 0.2) is 11.5 Å². The average Bonchev–Trinajstić information content (AvgIpc) is 2.63. The molecule has 0 heterocycles. The third-order valence-corrected chi connectivity index (χ3v) is 3.87. The van der Waals surface area contributed by atoms with Crippen LogP contribution in [0.15, 0.2) is 49.0 Å². The molecule has 0 aromatic heterocycles. The summed E-state index contributed by atoms with van der Waals surface area (Å²) in [6.07, 6.45) is -4.76. The largest absolute Gasteiger partial charge is 0.504 e. The van der Waals surface area contributed by atoms with Crippen LogP contribution in [0.5, 0.6) is 17.2 Å². The van der Waals surface area contributed by atoms with Crippen molar-refractivity contribution in [2.24, 2.45) is 0 Å². The van der Waals surface area contributed by atoms with E-state index < -0.39 is 25.1 Å². The molecule has 2 aromatic rings. The zero-order valence-electron chi connectivity index (χ0n) is 14.9. The Kier molecular flexibility index (Phi) is 6.92. The average molecular weight is 395 g/mol. The predicted octanol–water partition coefficient (Wildman–Crippen LogP) is 3.80. The minimum absolute atomic E-state index is 0.142. The molecule has 0 fully saturated rings. The molecule has 5 nitrogen and oxygen atoms in total. The Labute approximate surface area is 160 Å². The van der Waals surface area contributed by atoms with Gasteiger partial charge in [-0.2, -0.15) is 13.2 Å². The van der Waals surface area contributed by atoms with Crippen LogP contribution < -0.4 is 10.1 Å². The standard InChI is InChI=1S/C20H20F3NO4/c1-13(15-4-7-17(25)18(26)12-15)19(27)24-10-8-14-2-5-16(6-3-14)28-11-9-20(21,22)23/h2-7,12,25-26H,1,8-11H2,(H,24,27). The second-order valence-electron chi connectivity index (χ2n) is 6.05. The number of ether oxygens (including phenoxy) is 1. The molecule has 0 spiro atoms. The molecule has 8 heteroatoms. The fourth-order valence-electron chi connectivity index (χ4n) is 2.31. The summed E-state index contributed by atoms with van der Waals surface area (Å²) in [5.41, 5.74) is 1.40. The molecule has 0 aliphatic heterocycles. The van der Waals surface area contributed by atoms with Crippen LogP contribution in [0, 0.1) is 0 Å². The summed E-state index contributed by atoms with van der Waals surface area (Å²) < 4.78 is 41.3. The molecule has 1 amide bonds. The molecule has 0 aliphatic carbocycles. The molecular weight excluding hydrogens is 375 g/mol. The van der Waals surface area contributed by atoms with Gasteiger partial charge in [-0.15, -0.1) is 0 Å². The van der Waals surface area contributed by atoms with E-state index >= 15 is 0 Å². The van der Waals surface area contributed by atoms with Crippen LogP contribution in [0.4, 0.5) is 13.2 Å². The van der Waals surface area contributed by atoms with Gasteiger partial charge in [0.1, 0.15) is 5.75 Å². The highest BCUT2D eigenvalue weighted by atomic mass is 19.4. The van der Waals surface area contributed by atoms with Crippen molar-refractivity contribution in [3.8, 4) is 17.2 Å². The minimum atomic E-state index is -4.25. The first-order chi connectivity index (χ1) is 13.2. The molecule has 0 bridgehead atoms. The number of amides is 1. The number of carbonyl (C=O) groups is 1. The Morgan fingerprint density at radius 1 is 1.07 bits per heavy atom. The van der Waals surface area contributed by atoms with Gasteiger partial charge in [0, 0.05) is 12.1 Å². The Balaban J connectivity index is 1.78. The van der Waals surface area contributed by atoms with E-state index in [4.69, 9.17) is 4.74 Å². The molecule has 2 aromatic carbocycles. The number of hydrogen-bond donors (Lipinski definition) is 3. The van der Waals surface area contributed by atoms with Crippen LogP contribution in [0.1, 0.15) is 17.5 Å². The molecular formula is C20H20F3NO4. The Bertz CT molecular complexity index is 832. The van der Waals surface area contributed by atoms with Crippen LogP contribution in [-0.4, -0.2) is 35.4 Å². The van der Waals surface area contributed by atoms with E-state index in [1.807, 2.05) is 0 Å². The first-order valence-electron chi connectivity index (χ1n) is 8.43. The molecule has 2 rings (SSSR count). The van der Waals surface area contributed by atoms with Gasteiger partial charge in [0.2, 0.25) is 0 Å². The molecule has 150 valence electrons. The fraction of sp³-hybridized carbons (Fsp3) is 0.250. The molecule has 0 atom stereocenters. The number of carbonyl (C=O) groups excluding carboxylic acids is 1. The maximum atomic E-state index is 12.1. The lowest BCUT2D eigenvalue weighted by Gasteiger charge is -2.10. The molecule has 3 N–H and O–H groups in total. The summed E-state index contributed by atoms with van der Waals surface area (Å²) in [6.45, 7) is 3.56. The van der Waals surface area contributed by atoms with Crippen molar-refractivity contribution in [3.05, 3.63) is 60.2 Å². The topological polar surface area (TPSA) is 78.8 Å². The fourth-order valence-corrected chi connectivity index (χ4v) is 2.31. The van der Waals surface area contributed by atoms with Gasteiger partial charge in [0.25, 0.3) is 5.91 Å². The second-order valence-corrected chi connectivity index (χ2v) is 6.05. The summed E-state index contributed by atoms with van der Waals surface area (Å²) in [4.78, 5) is 12.1. The van der Waals surface area contributed by atoms with Crippen LogP contribution in [0.25, 0.3) is 5.57 Å². The van der Waals surface area contributed by atoms with Crippen LogP contribution in [0.2, 0.25) is 0 Å². The number of phenols is 2. The third-order valence-electron chi connectivity index (χ3n) is 3.87. The van der Waals surface area contributed by atoms with Gasteiger partial charge in [-0.3, -0.25) is 4.79 Å². The van der Waals surface area contributed by atoms with E-state index in [-0.39, 0.29) is 17.1 Å². The lowest BCUT2D eigenvalue weighted by molar-refractivity contribution is -0.139. The summed E-state index contributed by atoms with van der Waals surface area (Å²) in [5, 5.41) is 21.5. The van der Waals surface area contributed by atoms with E-state index in [2.05, 4.69) is 11.9 Å². The van der Waals surface area contributed by atoms with Crippen molar-refractivity contribution in [2.75, 3.05) is 13.2 Å². The number of nitrogens with one attached hydrogen (secondary N) is 1.